The van der Waals surface area contributed by atoms with Crippen molar-refractivity contribution in [3.05, 3.63) is 0 Å². The molecule has 2 aliphatic rings. The summed E-state index contributed by atoms with van der Waals surface area (Å²) in [5.74, 6) is -0.185. The molecule has 0 spiro atoms. The highest BCUT2D eigenvalue weighted by atomic mass is 32.2. The predicted molar refractivity (Wildman–Crippen MR) is 105 cm³/mol. The molecule has 2 fully saturated rings. The number of hydrogen-bond acceptors (Lipinski definition) is 5. The topological polar surface area (TPSA) is 126 Å². The Balaban J connectivity index is 0.000000279. The largest absolute Gasteiger partial charge is 0.299 e. The first-order chi connectivity index (χ1) is 12.3. The van der Waals surface area contributed by atoms with Crippen molar-refractivity contribution in [2.24, 2.45) is 16.7 Å². The molecule has 27 heavy (non-hydrogen) atoms. The number of rotatable bonds is 9. The minimum Gasteiger partial charge on any atom is -0.299 e. The lowest BCUT2D eigenvalue weighted by atomic mass is 9.70. The zero-order valence-corrected chi connectivity index (χ0v) is 18.2. The third-order valence-corrected chi connectivity index (χ3v) is 7.99. The Morgan fingerprint density at radius 3 is 1.93 bits per heavy atom. The molecular weight excluding hydrogens is 392 g/mol. The van der Waals surface area contributed by atoms with E-state index in [4.69, 9.17) is 9.11 Å². The van der Waals surface area contributed by atoms with Crippen molar-refractivity contribution in [2.75, 3.05) is 11.5 Å². The summed E-state index contributed by atoms with van der Waals surface area (Å²) in [6.45, 7) is 6.03. The molecule has 2 N–H and O–H groups in total. The van der Waals surface area contributed by atoms with Crippen molar-refractivity contribution in [3.63, 3.8) is 0 Å². The molecule has 160 valence electrons. The standard InChI is InChI=1S/C10H16O4S.C8H18O3S/c1-9(2)7-3-4-10(9,8(11)5-7)6-15(12,13)14;1-2-3-4-5-6-7-8-12(9,10)11/h7H,3-6H2,1-2H3,(H,12,13,14);2-8H2,1H3,(H,9,10,11). The number of carbonyl (C=O) groups excluding carboxylic acids is 1. The molecular formula is C18H34O7S2. The van der Waals surface area contributed by atoms with Crippen molar-refractivity contribution in [1.82, 2.24) is 0 Å². The van der Waals surface area contributed by atoms with Gasteiger partial charge in [-0.25, -0.2) is 0 Å². The second-order valence-electron chi connectivity index (χ2n) is 8.45. The number of fused-ring (bicyclic) bond motifs is 2. The highest BCUT2D eigenvalue weighted by Gasteiger charge is 2.65. The summed E-state index contributed by atoms with van der Waals surface area (Å²) < 4.78 is 59.9. The average Bonchev–Trinajstić information content (AvgIpc) is 2.83. The summed E-state index contributed by atoms with van der Waals surface area (Å²) in [5.41, 5.74) is -1.12. The van der Waals surface area contributed by atoms with Gasteiger partial charge in [0.05, 0.1) is 16.9 Å². The predicted octanol–water partition coefficient (Wildman–Crippen LogP) is 3.50. The number of hydrogen-bond donors (Lipinski definition) is 2. The smallest absolute Gasteiger partial charge is 0.265 e. The van der Waals surface area contributed by atoms with E-state index in [1.807, 2.05) is 13.8 Å². The van der Waals surface area contributed by atoms with E-state index in [1.165, 1.54) is 19.3 Å². The molecule has 7 nitrogen and oxygen atoms in total. The van der Waals surface area contributed by atoms with E-state index < -0.39 is 31.4 Å². The van der Waals surface area contributed by atoms with Crippen molar-refractivity contribution in [3.8, 4) is 0 Å². The third kappa shape index (κ3) is 6.80. The van der Waals surface area contributed by atoms with Gasteiger partial charge in [-0.3, -0.25) is 13.9 Å². The number of Topliss-reactive ketones (excluding diaryl/α,β-unsaturated/α-hetero) is 1. The van der Waals surface area contributed by atoms with Crippen LogP contribution in [0.5, 0.6) is 0 Å². The Hall–Kier alpha value is -0.510. The minimum atomic E-state index is -4.08. The normalized spacial score (nSPS) is 26.7. The lowest BCUT2D eigenvalue weighted by Gasteiger charge is -2.35. The van der Waals surface area contributed by atoms with Gasteiger partial charge in [0.2, 0.25) is 0 Å². The van der Waals surface area contributed by atoms with Crippen LogP contribution in [0, 0.1) is 16.7 Å². The highest BCUT2D eigenvalue weighted by Crippen LogP contribution is 2.64. The van der Waals surface area contributed by atoms with E-state index in [2.05, 4.69) is 6.92 Å². The Labute approximate surface area is 163 Å². The maximum atomic E-state index is 11.9. The van der Waals surface area contributed by atoms with Crippen molar-refractivity contribution < 1.29 is 30.7 Å². The summed E-state index contributed by atoms with van der Waals surface area (Å²) in [4.78, 5) is 11.9. The first-order valence-corrected chi connectivity index (χ1v) is 12.9. The van der Waals surface area contributed by atoms with E-state index in [9.17, 15) is 21.6 Å². The van der Waals surface area contributed by atoms with Gasteiger partial charge in [-0.05, 0) is 30.6 Å². The lowest BCUT2D eigenvalue weighted by Crippen LogP contribution is -2.42. The molecule has 0 heterocycles. The molecule has 9 heteroatoms. The summed E-state index contributed by atoms with van der Waals surface area (Å²) >= 11 is 0. The Morgan fingerprint density at radius 2 is 1.52 bits per heavy atom. The third-order valence-electron chi connectivity index (χ3n) is 6.32. The van der Waals surface area contributed by atoms with E-state index in [1.54, 1.807) is 0 Å². The molecule has 0 aromatic heterocycles. The molecule has 2 rings (SSSR count). The summed E-state index contributed by atoms with van der Waals surface area (Å²) in [7, 11) is -7.79. The van der Waals surface area contributed by atoms with Gasteiger partial charge in [0.25, 0.3) is 20.2 Å². The van der Waals surface area contributed by atoms with Crippen LogP contribution in [0.1, 0.15) is 78.6 Å². The van der Waals surface area contributed by atoms with Crippen LogP contribution in [0.2, 0.25) is 0 Å². The van der Waals surface area contributed by atoms with Crippen molar-refractivity contribution in [2.45, 2.75) is 78.6 Å². The molecule has 2 saturated carbocycles. The van der Waals surface area contributed by atoms with Gasteiger partial charge in [0.1, 0.15) is 5.78 Å². The van der Waals surface area contributed by atoms with Crippen LogP contribution in [0.3, 0.4) is 0 Å². The van der Waals surface area contributed by atoms with Gasteiger partial charge < -0.3 is 0 Å². The summed E-state index contributed by atoms with van der Waals surface area (Å²) in [6.07, 6.45) is 8.11. The van der Waals surface area contributed by atoms with Crippen molar-refractivity contribution >= 4 is 26.0 Å². The van der Waals surface area contributed by atoms with Crippen LogP contribution in [-0.4, -0.2) is 43.2 Å². The van der Waals surface area contributed by atoms with E-state index >= 15 is 0 Å². The molecule has 0 radical (unpaired) electrons. The Morgan fingerprint density at radius 1 is 0.963 bits per heavy atom. The zero-order valence-electron chi connectivity index (χ0n) is 16.6. The zero-order chi connectivity index (χ0) is 20.9. The Kier molecular flexibility index (Phi) is 8.47. The molecule has 2 aliphatic carbocycles. The van der Waals surface area contributed by atoms with Gasteiger partial charge in [0, 0.05) is 6.42 Å². The number of unbranched alkanes of at least 4 members (excludes halogenated alkanes) is 5. The summed E-state index contributed by atoms with van der Waals surface area (Å²) in [5, 5.41) is 0. The first kappa shape index (κ1) is 24.5. The van der Waals surface area contributed by atoms with Crippen LogP contribution in [0.4, 0.5) is 0 Å². The maximum Gasteiger partial charge on any atom is 0.265 e. The number of ketones is 1. The fraction of sp³-hybridized carbons (Fsp3) is 0.944. The van der Waals surface area contributed by atoms with E-state index in [0.29, 0.717) is 19.3 Å². The quantitative estimate of drug-likeness (QED) is 0.427. The molecule has 2 bridgehead atoms. The molecule has 0 aliphatic heterocycles. The van der Waals surface area contributed by atoms with Crippen LogP contribution in [-0.2, 0) is 25.0 Å². The van der Waals surface area contributed by atoms with Crippen LogP contribution < -0.4 is 0 Å². The molecule has 0 aromatic carbocycles. The average molecular weight is 427 g/mol. The Bertz CT molecular complexity index is 710. The molecule has 2 atom stereocenters. The second-order valence-corrected chi connectivity index (χ2v) is 11.5. The van der Waals surface area contributed by atoms with E-state index in [0.717, 1.165) is 19.3 Å². The van der Waals surface area contributed by atoms with Crippen molar-refractivity contribution in [1.29, 1.82) is 0 Å². The fourth-order valence-electron chi connectivity index (χ4n) is 4.48. The van der Waals surface area contributed by atoms with E-state index in [-0.39, 0.29) is 22.9 Å². The van der Waals surface area contributed by atoms with Crippen LogP contribution >= 0.6 is 0 Å². The monoisotopic (exact) mass is 426 g/mol. The van der Waals surface area contributed by atoms with Crippen LogP contribution in [0.15, 0.2) is 0 Å². The summed E-state index contributed by atoms with van der Waals surface area (Å²) in [6, 6.07) is 0. The molecule has 0 aromatic rings. The minimum absolute atomic E-state index is 0.0152. The van der Waals surface area contributed by atoms with Gasteiger partial charge >= 0.3 is 0 Å². The molecule has 0 amide bonds. The maximum absolute atomic E-state index is 11.9. The lowest BCUT2D eigenvalue weighted by molar-refractivity contribution is -0.128. The molecule has 0 saturated heterocycles. The second kappa shape index (κ2) is 9.33. The first-order valence-electron chi connectivity index (χ1n) is 9.69. The highest BCUT2D eigenvalue weighted by molar-refractivity contribution is 7.86. The SMILES string of the molecule is CC1(C)C2CCC1(CS(=O)(=O)O)C(=O)C2.CCCCCCCCS(=O)(=O)O. The van der Waals surface area contributed by atoms with Crippen LogP contribution in [0.25, 0.3) is 0 Å². The number of carbonyl (C=O) groups is 1. The van der Waals surface area contributed by atoms with Gasteiger partial charge in [0.15, 0.2) is 0 Å². The van der Waals surface area contributed by atoms with Gasteiger partial charge in [-0.2, -0.15) is 16.8 Å². The fourth-order valence-corrected chi connectivity index (χ4v) is 6.35. The van der Waals surface area contributed by atoms with Gasteiger partial charge in [-0.15, -0.1) is 0 Å². The molecule has 2 unspecified atom stereocenters. The van der Waals surface area contributed by atoms with Gasteiger partial charge in [-0.1, -0.05) is 52.9 Å².